The summed E-state index contributed by atoms with van der Waals surface area (Å²) in [5, 5.41) is 6.46. The molecule has 0 saturated heterocycles. The highest BCUT2D eigenvalue weighted by Gasteiger charge is 2.22. The van der Waals surface area contributed by atoms with Crippen LogP contribution in [0.1, 0.15) is 27.6 Å². The van der Waals surface area contributed by atoms with Crippen molar-refractivity contribution in [2.45, 2.75) is 20.3 Å². The van der Waals surface area contributed by atoms with Gasteiger partial charge in [0.05, 0.1) is 0 Å². The number of nitrogens with zero attached hydrogens (tertiary/aromatic N) is 4. The van der Waals surface area contributed by atoms with Crippen LogP contribution in [0.3, 0.4) is 0 Å². The van der Waals surface area contributed by atoms with Crippen LogP contribution in [0, 0.1) is 13.8 Å². The molecule has 25 heavy (non-hydrogen) atoms. The number of hydrogen-bond acceptors (Lipinski definition) is 6. The molecule has 0 saturated carbocycles. The van der Waals surface area contributed by atoms with Crippen molar-refractivity contribution in [3.8, 4) is 0 Å². The number of nitrogens with one attached hydrogen (secondary N) is 1. The fourth-order valence-electron chi connectivity index (χ4n) is 2.99. The zero-order chi connectivity index (χ0) is 17.4. The number of fused-ring (bicyclic) bond motifs is 1. The van der Waals surface area contributed by atoms with E-state index >= 15 is 0 Å². The maximum absolute atomic E-state index is 12.5. The first-order valence-corrected chi connectivity index (χ1v) is 8.06. The molecule has 0 fully saturated rings. The van der Waals surface area contributed by atoms with Crippen LogP contribution < -0.4 is 10.2 Å². The molecule has 2 aromatic heterocycles. The Morgan fingerprint density at radius 3 is 2.84 bits per heavy atom. The van der Waals surface area contributed by atoms with Crippen molar-refractivity contribution in [3.05, 3.63) is 59.2 Å². The molecule has 1 aliphatic rings. The summed E-state index contributed by atoms with van der Waals surface area (Å²) in [5.41, 5.74) is 2.70. The van der Waals surface area contributed by atoms with Gasteiger partial charge in [-0.05, 0) is 31.9 Å². The van der Waals surface area contributed by atoms with Crippen LogP contribution in [-0.4, -0.2) is 27.6 Å². The molecule has 1 aliphatic heterocycles. The molecule has 0 atom stereocenters. The molecule has 0 aliphatic carbocycles. The van der Waals surface area contributed by atoms with Crippen molar-refractivity contribution in [2.75, 3.05) is 16.8 Å². The Hall–Kier alpha value is -3.22. The van der Waals surface area contributed by atoms with Crippen molar-refractivity contribution in [1.29, 1.82) is 0 Å². The van der Waals surface area contributed by atoms with Crippen molar-refractivity contribution in [1.82, 2.24) is 15.1 Å². The predicted molar refractivity (Wildman–Crippen MR) is 93.1 cm³/mol. The van der Waals surface area contributed by atoms with E-state index in [0.29, 0.717) is 23.1 Å². The molecule has 0 spiro atoms. The van der Waals surface area contributed by atoms with Gasteiger partial charge >= 0.3 is 0 Å². The smallest absolute Gasteiger partial charge is 0.275 e. The molecule has 3 aromatic rings. The van der Waals surface area contributed by atoms with Crippen molar-refractivity contribution in [2.24, 2.45) is 0 Å². The quantitative estimate of drug-likeness (QED) is 0.792. The maximum atomic E-state index is 12.5. The summed E-state index contributed by atoms with van der Waals surface area (Å²) in [6.45, 7) is 4.38. The van der Waals surface area contributed by atoms with Crippen molar-refractivity contribution in [3.63, 3.8) is 0 Å². The van der Waals surface area contributed by atoms with E-state index in [1.165, 1.54) is 5.56 Å². The van der Waals surface area contributed by atoms with Gasteiger partial charge in [0.2, 0.25) is 0 Å². The second-order valence-corrected chi connectivity index (χ2v) is 5.97. The van der Waals surface area contributed by atoms with E-state index < -0.39 is 0 Å². The Morgan fingerprint density at radius 1 is 1.20 bits per heavy atom. The SMILES string of the molecule is Cc1nc(C(=O)Nc2cc(C)on2)cc(N2CCc3ccccc32)n1. The molecule has 1 N–H and O–H groups in total. The average Bonchev–Trinajstić information content (AvgIpc) is 3.20. The summed E-state index contributed by atoms with van der Waals surface area (Å²) in [6, 6.07) is 11.6. The number of aromatic nitrogens is 3. The Kier molecular flexibility index (Phi) is 3.68. The Balaban J connectivity index is 1.64. The van der Waals surface area contributed by atoms with Crippen molar-refractivity contribution >= 4 is 23.2 Å². The normalized spacial score (nSPS) is 13.0. The van der Waals surface area contributed by atoms with Crippen LogP contribution in [0.5, 0.6) is 0 Å². The fraction of sp³-hybridized carbons (Fsp3) is 0.222. The average molecular weight is 335 g/mol. The lowest BCUT2D eigenvalue weighted by Crippen LogP contribution is -2.19. The van der Waals surface area contributed by atoms with Gasteiger partial charge in [-0.3, -0.25) is 4.79 Å². The van der Waals surface area contributed by atoms with E-state index in [4.69, 9.17) is 4.52 Å². The third-order valence-corrected chi connectivity index (χ3v) is 4.09. The second kappa shape index (κ2) is 6.01. The summed E-state index contributed by atoms with van der Waals surface area (Å²) in [7, 11) is 0. The lowest BCUT2D eigenvalue weighted by atomic mass is 10.2. The second-order valence-electron chi connectivity index (χ2n) is 5.97. The van der Waals surface area contributed by atoms with Crippen molar-refractivity contribution < 1.29 is 9.32 Å². The predicted octanol–water partition coefficient (Wildman–Crippen LogP) is 3.03. The Morgan fingerprint density at radius 2 is 2.04 bits per heavy atom. The van der Waals surface area contributed by atoms with E-state index in [2.05, 4.69) is 37.5 Å². The van der Waals surface area contributed by atoms with E-state index in [1.54, 1.807) is 26.0 Å². The largest absolute Gasteiger partial charge is 0.360 e. The molecule has 0 radical (unpaired) electrons. The van der Waals surface area contributed by atoms with Gasteiger partial charge in [-0.2, -0.15) is 0 Å². The molecule has 1 amide bonds. The number of rotatable bonds is 3. The standard InChI is InChI=1S/C18H17N5O2/c1-11-9-16(22-25-11)21-18(24)14-10-17(20-12(2)19-14)23-8-7-13-5-3-4-6-15(13)23/h3-6,9-10H,7-8H2,1-2H3,(H,21,22,24). The number of anilines is 3. The van der Waals surface area contributed by atoms with Gasteiger partial charge in [-0.1, -0.05) is 23.4 Å². The number of aryl methyl sites for hydroxylation is 2. The number of carbonyl (C=O) groups excluding carboxylic acids is 1. The van der Waals surface area contributed by atoms with Crippen LogP contribution in [0.2, 0.25) is 0 Å². The monoisotopic (exact) mass is 335 g/mol. The van der Waals surface area contributed by atoms with E-state index in [0.717, 1.165) is 24.5 Å². The minimum Gasteiger partial charge on any atom is -0.360 e. The number of para-hydroxylation sites is 1. The molecule has 1 aromatic carbocycles. The Labute approximate surface area is 144 Å². The molecular weight excluding hydrogens is 318 g/mol. The summed E-state index contributed by atoms with van der Waals surface area (Å²) in [4.78, 5) is 23.4. The van der Waals surface area contributed by atoms with Gasteiger partial charge in [-0.15, -0.1) is 0 Å². The van der Waals surface area contributed by atoms with Crippen LogP contribution in [-0.2, 0) is 6.42 Å². The fourth-order valence-corrected chi connectivity index (χ4v) is 2.99. The summed E-state index contributed by atoms with van der Waals surface area (Å²) in [5.74, 6) is 1.92. The number of amides is 1. The summed E-state index contributed by atoms with van der Waals surface area (Å²) >= 11 is 0. The Bertz CT molecular complexity index is 950. The zero-order valence-corrected chi connectivity index (χ0v) is 14.0. The number of benzene rings is 1. The zero-order valence-electron chi connectivity index (χ0n) is 14.0. The van der Waals surface area contributed by atoms with E-state index in [-0.39, 0.29) is 5.91 Å². The summed E-state index contributed by atoms with van der Waals surface area (Å²) in [6.07, 6.45) is 0.957. The number of carbonyl (C=O) groups is 1. The number of hydrogen-bond donors (Lipinski definition) is 1. The summed E-state index contributed by atoms with van der Waals surface area (Å²) < 4.78 is 4.96. The molecule has 7 heteroatoms. The molecule has 3 heterocycles. The van der Waals surface area contributed by atoms with E-state index in [9.17, 15) is 4.79 Å². The maximum Gasteiger partial charge on any atom is 0.275 e. The first kappa shape index (κ1) is 15.3. The lowest BCUT2D eigenvalue weighted by Gasteiger charge is -2.19. The van der Waals surface area contributed by atoms with Crippen LogP contribution in [0.25, 0.3) is 0 Å². The molecule has 4 rings (SSSR count). The molecule has 7 nitrogen and oxygen atoms in total. The minimum atomic E-state index is -0.340. The van der Waals surface area contributed by atoms with Crippen LogP contribution in [0.4, 0.5) is 17.3 Å². The third-order valence-electron chi connectivity index (χ3n) is 4.09. The topological polar surface area (TPSA) is 84.2 Å². The van der Waals surface area contributed by atoms with Gasteiger partial charge in [0.1, 0.15) is 23.1 Å². The molecule has 126 valence electrons. The van der Waals surface area contributed by atoms with Gasteiger partial charge < -0.3 is 14.7 Å². The minimum absolute atomic E-state index is 0.299. The highest BCUT2D eigenvalue weighted by Crippen LogP contribution is 2.33. The molecular formula is C18H17N5O2. The van der Waals surface area contributed by atoms with E-state index in [1.807, 2.05) is 12.1 Å². The third kappa shape index (κ3) is 2.96. The first-order chi connectivity index (χ1) is 12.1. The van der Waals surface area contributed by atoms with Gasteiger partial charge in [-0.25, -0.2) is 9.97 Å². The molecule has 0 bridgehead atoms. The first-order valence-electron chi connectivity index (χ1n) is 8.06. The molecule has 0 unspecified atom stereocenters. The van der Waals surface area contributed by atoms with Gasteiger partial charge in [0.15, 0.2) is 5.82 Å². The van der Waals surface area contributed by atoms with Crippen LogP contribution in [0.15, 0.2) is 40.9 Å². The van der Waals surface area contributed by atoms with Crippen LogP contribution >= 0.6 is 0 Å². The lowest BCUT2D eigenvalue weighted by molar-refractivity contribution is 0.102. The van der Waals surface area contributed by atoms with Gasteiger partial charge in [0.25, 0.3) is 5.91 Å². The highest BCUT2D eigenvalue weighted by atomic mass is 16.5. The van der Waals surface area contributed by atoms with Gasteiger partial charge in [0, 0.05) is 24.4 Å². The highest BCUT2D eigenvalue weighted by molar-refractivity contribution is 6.02.